The number of amides is 1. The van der Waals surface area contributed by atoms with E-state index in [1.807, 2.05) is 42.5 Å². The summed E-state index contributed by atoms with van der Waals surface area (Å²) < 4.78 is 5.42. The molecule has 2 aromatic rings. The standard InChI is InChI=1S/C24H28ClN3O2S/c1-4-6-17(5-2)26-22(29)14-21-24(31)28-20-12-11-18(30-3)13-19(20)23(27-21)15-7-9-16(25)10-8-15/h7-13,17,21H,4-6,14H2,1-3H3,(H,26,29)(H,28,31). The summed E-state index contributed by atoms with van der Waals surface area (Å²) in [7, 11) is 1.63. The van der Waals surface area contributed by atoms with Crippen molar-refractivity contribution in [3.63, 3.8) is 0 Å². The molecule has 1 amide bonds. The minimum atomic E-state index is -0.474. The van der Waals surface area contributed by atoms with Gasteiger partial charge in [0.2, 0.25) is 5.91 Å². The number of carbonyl (C=O) groups is 1. The molecule has 1 heterocycles. The van der Waals surface area contributed by atoms with Crippen molar-refractivity contribution in [1.29, 1.82) is 0 Å². The summed E-state index contributed by atoms with van der Waals surface area (Å²) in [4.78, 5) is 18.2. The first kappa shape index (κ1) is 23.2. The number of benzene rings is 2. The lowest BCUT2D eigenvalue weighted by molar-refractivity contribution is -0.121. The maximum atomic E-state index is 12.8. The van der Waals surface area contributed by atoms with Crippen LogP contribution in [0.1, 0.15) is 50.7 Å². The Kier molecular flexibility index (Phi) is 8.04. The molecule has 0 saturated carbocycles. The number of nitrogens with one attached hydrogen (secondary N) is 2. The molecule has 1 aliphatic rings. The van der Waals surface area contributed by atoms with Gasteiger partial charge in [-0.1, -0.05) is 56.2 Å². The number of ether oxygens (including phenoxy) is 1. The molecule has 0 fully saturated rings. The highest BCUT2D eigenvalue weighted by atomic mass is 35.5. The zero-order valence-electron chi connectivity index (χ0n) is 18.1. The van der Waals surface area contributed by atoms with Crippen LogP contribution in [0.15, 0.2) is 47.5 Å². The highest BCUT2D eigenvalue weighted by molar-refractivity contribution is 7.80. The lowest BCUT2D eigenvalue weighted by Gasteiger charge is -2.18. The fraction of sp³-hybridized carbons (Fsp3) is 0.375. The monoisotopic (exact) mass is 457 g/mol. The Balaban J connectivity index is 1.97. The first-order valence-corrected chi connectivity index (χ1v) is 11.4. The summed E-state index contributed by atoms with van der Waals surface area (Å²) in [6.07, 6.45) is 3.07. The second-order valence-electron chi connectivity index (χ2n) is 7.57. The van der Waals surface area contributed by atoms with Crippen molar-refractivity contribution >= 4 is 46.1 Å². The number of nitrogens with zero attached hydrogens (tertiary/aromatic N) is 1. The number of anilines is 1. The van der Waals surface area contributed by atoms with E-state index in [0.717, 1.165) is 47.5 Å². The molecule has 2 aromatic carbocycles. The highest BCUT2D eigenvalue weighted by Crippen LogP contribution is 2.29. The van der Waals surface area contributed by atoms with Crippen LogP contribution >= 0.6 is 23.8 Å². The van der Waals surface area contributed by atoms with Gasteiger partial charge in [-0.2, -0.15) is 0 Å². The van der Waals surface area contributed by atoms with Crippen molar-refractivity contribution in [2.75, 3.05) is 12.4 Å². The number of hydrogen-bond acceptors (Lipinski definition) is 4. The Morgan fingerprint density at radius 2 is 2.00 bits per heavy atom. The first-order chi connectivity index (χ1) is 14.9. The summed E-state index contributed by atoms with van der Waals surface area (Å²) >= 11 is 11.7. The topological polar surface area (TPSA) is 62.7 Å². The molecule has 2 unspecified atom stereocenters. The van der Waals surface area contributed by atoms with E-state index >= 15 is 0 Å². The van der Waals surface area contributed by atoms with Gasteiger partial charge < -0.3 is 15.4 Å². The van der Waals surface area contributed by atoms with Gasteiger partial charge in [-0.3, -0.25) is 9.79 Å². The van der Waals surface area contributed by atoms with Gasteiger partial charge in [-0.25, -0.2) is 0 Å². The van der Waals surface area contributed by atoms with Crippen LogP contribution in [-0.2, 0) is 4.79 Å². The number of fused-ring (bicyclic) bond motifs is 1. The second-order valence-corrected chi connectivity index (χ2v) is 8.44. The molecule has 0 saturated heterocycles. The third-order valence-corrected chi connectivity index (χ3v) is 5.94. The number of aliphatic imine (C=N–C) groups is 1. The van der Waals surface area contributed by atoms with E-state index in [-0.39, 0.29) is 18.4 Å². The Morgan fingerprint density at radius 3 is 2.65 bits per heavy atom. The molecule has 0 bridgehead atoms. The summed E-state index contributed by atoms with van der Waals surface area (Å²) in [5.41, 5.74) is 3.34. The van der Waals surface area contributed by atoms with E-state index in [1.54, 1.807) is 7.11 Å². The van der Waals surface area contributed by atoms with E-state index in [2.05, 4.69) is 24.5 Å². The average Bonchev–Trinajstić information content (AvgIpc) is 2.90. The summed E-state index contributed by atoms with van der Waals surface area (Å²) in [5, 5.41) is 7.06. The van der Waals surface area contributed by atoms with Gasteiger partial charge in [0.15, 0.2) is 0 Å². The molecule has 0 aromatic heterocycles. The molecule has 0 spiro atoms. The van der Waals surface area contributed by atoms with Crippen LogP contribution in [0.25, 0.3) is 0 Å². The zero-order chi connectivity index (χ0) is 22.4. The van der Waals surface area contributed by atoms with Crippen molar-refractivity contribution in [2.45, 2.75) is 51.6 Å². The molecule has 1 aliphatic heterocycles. The van der Waals surface area contributed by atoms with Gasteiger partial charge in [0.05, 0.1) is 19.2 Å². The quantitative estimate of drug-likeness (QED) is 0.521. The maximum absolute atomic E-state index is 12.8. The van der Waals surface area contributed by atoms with Crippen molar-refractivity contribution < 1.29 is 9.53 Å². The SMILES string of the molecule is CCCC(CC)NC(=O)CC1N=C(c2ccc(Cl)cc2)c2cc(OC)ccc2NC1=S. The number of carbonyl (C=O) groups excluding carboxylic acids is 1. The van der Waals surface area contributed by atoms with Crippen molar-refractivity contribution in [2.24, 2.45) is 4.99 Å². The molecular formula is C24H28ClN3O2S. The second kappa shape index (κ2) is 10.7. The van der Waals surface area contributed by atoms with E-state index in [0.29, 0.717) is 10.0 Å². The fourth-order valence-electron chi connectivity index (χ4n) is 3.62. The third kappa shape index (κ3) is 5.83. The van der Waals surface area contributed by atoms with E-state index in [9.17, 15) is 4.79 Å². The number of rotatable bonds is 8. The van der Waals surface area contributed by atoms with Crippen LogP contribution in [-0.4, -0.2) is 35.8 Å². The molecule has 0 radical (unpaired) electrons. The van der Waals surface area contributed by atoms with Crippen LogP contribution in [0, 0.1) is 0 Å². The van der Waals surface area contributed by atoms with Gasteiger partial charge >= 0.3 is 0 Å². The molecule has 164 valence electrons. The zero-order valence-corrected chi connectivity index (χ0v) is 19.6. The molecule has 2 N–H and O–H groups in total. The predicted molar refractivity (Wildman–Crippen MR) is 132 cm³/mol. The first-order valence-electron chi connectivity index (χ1n) is 10.6. The summed E-state index contributed by atoms with van der Waals surface area (Å²) in [6, 6.07) is 12.9. The number of methoxy groups -OCH3 is 1. The largest absolute Gasteiger partial charge is 0.497 e. The predicted octanol–water partition coefficient (Wildman–Crippen LogP) is 5.39. The van der Waals surface area contributed by atoms with Crippen molar-refractivity contribution in [1.82, 2.24) is 5.32 Å². The molecule has 2 atom stereocenters. The Bertz CT molecular complexity index is 975. The maximum Gasteiger partial charge on any atom is 0.222 e. The molecule has 31 heavy (non-hydrogen) atoms. The lowest BCUT2D eigenvalue weighted by Crippen LogP contribution is -2.38. The minimum absolute atomic E-state index is 0.0443. The van der Waals surface area contributed by atoms with Gasteiger partial charge in [-0.05, 0) is 43.2 Å². The molecule has 0 aliphatic carbocycles. The average molecular weight is 458 g/mol. The molecule has 3 rings (SSSR count). The Labute approximate surface area is 194 Å². The van der Waals surface area contributed by atoms with Crippen molar-refractivity contribution in [3.8, 4) is 5.75 Å². The van der Waals surface area contributed by atoms with Crippen molar-refractivity contribution in [3.05, 3.63) is 58.6 Å². The van der Waals surface area contributed by atoms with E-state index in [1.165, 1.54) is 0 Å². The third-order valence-electron chi connectivity index (χ3n) is 5.32. The number of halogens is 1. The highest BCUT2D eigenvalue weighted by Gasteiger charge is 2.26. The number of benzodiazepines with no additional fused rings is 1. The van der Waals surface area contributed by atoms with E-state index in [4.69, 9.17) is 33.5 Å². The van der Waals surface area contributed by atoms with Gasteiger partial charge in [0.1, 0.15) is 16.8 Å². The fourth-order valence-corrected chi connectivity index (χ4v) is 3.99. The van der Waals surface area contributed by atoms with Crippen LogP contribution < -0.4 is 15.4 Å². The van der Waals surface area contributed by atoms with Crippen LogP contribution in [0.4, 0.5) is 5.69 Å². The smallest absolute Gasteiger partial charge is 0.222 e. The minimum Gasteiger partial charge on any atom is -0.497 e. The summed E-state index contributed by atoms with van der Waals surface area (Å²) in [5.74, 6) is 0.673. The molecule has 7 heteroatoms. The lowest BCUT2D eigenvalue weighted by atomic mass is 10.00. The van der Waals surface area contributed by atoms with Gasteiger partial charge in [0, 0.05) is 27.9 Å². The number of thiocarbonyl (C=S) groups is 1. The van der Waals surface area contributed by atoms with Gasteiger partial charge in [0.25, 0.3) is 0 Å². The normalized spacial score (nSPS) is 16.5. The Morgan fingerprint density at radius 1 is 1.26 bits per heavy atom. The van der Waals surface area contributed by atoms with E-state index < -0.39 is 6.04 Å². The summed E-state index contributed by atoms with van der Waals surface area (Å²) in [6.45, 7) is 4.20. The van der Waals surface area contributed by atoms with Crippen LogP contribution in [0.2, 0.25) is 5.02 Å². The van der Waals surface area contributed by atoms with Gasteiger partial charge in [-0.15, -0.1) is 0 Å². The molecule has 5 nitrogen and oxygen atoms in total. The Hall–Kier alpha value is -2.44. The number of hydrogen-bond donors (Lipinski definition) is 2. The van der Waals surface area contributed by atoms with Crippen LogP contribution in [0.3, 0.4) is 0 Å². The van der Waals surface area contributed by atoms with Crippen LogP contribution in [0.5, 0.6) is 5.75 Å². The molecular weight excluding hydrogens is 430 g/mol.